The van der Waals surface area contributed by atoms with Crippen molar-refractivity contribution in [1.82, 2.24) is 0 Å². The van der Waals surface area contributed by atoms with Crippen LogP contribution in [0.3, 0.4) is 0 Å². The third kappa shape index (κ3) is 5.11. The van der Waals surface area contributed by atoms with Crippen LogP contribution in [0.15, 0.2) is 47.4 Å². The Bertz CT molecular complexity index is 1010. The average molecular weight is 453 g/mol. The molecular weight excluding hydrogens is 437 g/mol. The van der Waals surface area contributed by atoms with E-state index in [0.29, 0.717) is 12.7 Å². The number of benzene rings is 2. The Balaban J connectivity index is 2.19. The Hall–Kier alpha value is -2.50. The summed E-state index contributed by atoms with van der Waals surface area (Å²) < 4.78 is 70.1. The summed E-state index contributed by atoms with van der Waals surface area (Å²) in [5, 5.41) is 11.0. The van der Waals surface area contributed by atoms with E-state index in [1.165, 1.54) is 37.4 Å². The predicted molar refractivity (Wildman–Crippen MR) is 101 cm³/mol. The summed E-state index contributed by atoms with van der Waals surface area (Å²) in [5.41, 5.74) is -3.87. The summed E-state index contributed by atoms with van der Waals surface area (Å²) in [6, 6.07) is 8.91. The molecule has 0 fully saturated rings. The molecule has 0 bridgehead atoms. The maximum absolute atomic E-state index is 12.7. The molecule has 0 aliphatic carbocycles. The molecule has 2 aromatic carbocycles. The first-order valence-corrected chi connectivity index (χ1v) is 9.71. The Morgan fingerprint density at radius 1 is 1.14 bits per heavy atom. The SMILES string of the molecule is COc1ccc(S(=O)(=O)Nc2ccc(NC(=O)[C@@](C)(O)C(F)(F)F)c(Cl)c2)cc1. The van der Waals surface area contributed by atoms with E-state index in [9.17, 15) is 31.5 Å². The molecule has 29 heavy (non-hydrogen) atoms. The minimum absolute atomic E-state index is 0.00592. The van der Waals surface area contributed by atoms with Gasteiger partial charge in [0.2, 0.25) is 5.60 Å². The molecule has 0 saturated carbocycles. The number of halogens is 4. The molecule has 0 aliphatic heterocycles. The van der Waals surface area contributed by atoms with Gasteiger partial charge in [0.1, 0.15) is 5.75 Å². The smallest absolute Gasteiger partial charge is 0.426 e. The van der Waals surface area contributed by atoms with Crippen LogP contribution in [0.25, 0.3) is 0 Å². The van der Waals surface area contributed by atoms with Crippen molar-refractivity contribution >= 4 is 38.9 Å². The van der Waals surface area contributed by atoms with E-state index >= 15 is 0 Å². The van der Waals surface area contributed by atoms with E-state index in [1.807, 2.05) is 5.32 Å². The van der Waals surface area contributed by atoms with Crippen molar-refractivity contribution in [3.8, 4) is 5.75 Å². The summed E-state index contributed by atoms with van der Waals surface area (Å²) in [5.74, 6) is -1.28. The van der Waals surface area contributed by atoms with E-state index in [4.69, 9.17) is 16.3 Å². The van der Waals surface area contributed by atoms with Crippen molar-refractivity contribution in [3.05, 3.63) is 47.5 Å². The van der Waals surface area contributed by atoms with Gasteiger partial charge in [-0.3, -0.25) is 9.52 Å². The van der Waals surface area contributed by atoms with Crippen molar-refractivity contribution in [3.63, 3.8) is 0 Å². The lowest BCUT2D eigenvalue weighted by atomic mass is 10.1. The molecule has 158 valence electrons. The monoisotopic (exact) mass is 452 g/mol. The topological polar surface area (TPSA) is 105 Å². The van der Waals surface area contributed by atoms with Gasteiger partial charge in [0.15, 0.2) is 0 Å². The largest absolute Gasteiger partial charge is 0.497 e. The lowest BCUT2D eigenvalue weighted by molar-refractivity contribution is -0.242. The number of carbonyl (C=O) groups excluding carboxylic acids is 1. The summed E-state index contributed by atoms with van der Waals surface area (Å²) >= 11 is 5.92. The minimum Gasteiger partial charge on any atom is -0.497 e. The maximum Gasteiger partial charge on any atom is 0.426 e. The second-order valence-corrected chi connectivity index (χ2v) is 8.09. The van der Waals surface area contributed by atoms with Crippen LogP contribution in [0.1, 0.15) is 6.92 Å². The number of carbonyl (C=O) groups is 1. The highest BCUT2D eigenvalue weighted by molar-refractivity contribution is 7.92. The molecule has 0 aliphatic rings. The number of rotatable bonds is 6. The molecule has 2 aromatic rings. The van der Waals surface area contributed by atoms with Gasteiger partial charge >= 0.3 is 6.18 Å². The van der Waals surface area contributed by atoms with Crippen LogP contribution in [0, 0.1) is 0 Å². The zero-order chi connectivity index (χ0) is 22.0. The molecule has 0 heterocycles. The van der Waals surface area contributed by atoms with Gasteiger partial charge in [0.25, 0.3) is 15.9 Å². The van der Waals surface area contributed by atoms with Gasteiger partial charge < -0.3 is 15.2 Å². The van der Waals surface area contributed by atoms with Gasteiger partial charge in [0, 0.05) is 0 Å². The van der Waals surface area contributed by atoms with E-state index in [0.717, 1.165) is 12.1 Å². The van der Waals surface area contributed by atoms with E-state index < -0.39 is 27.7 Å². The number of nitrogens with one attached hydrogen (secondary N) is 2. The van der Waals surface area contributed by atoms with E-state index in [-0.39, 0.29) is 21.3 Å². The Kier molecular flexibility index (Phi) is 6.36. The highest BCUT2D eigenvalue weighted by Gasteiger charge is 2.55. The van der Waals surface area contributed by atoms with Crippen molar-refractivity contribution in [2.24, 2.45) is 0 Å². The second-order valence-electron chi connectivity index (χ2n) is 6.00. The molecule has 12 heteroatoms. The van der Waals surface area contributed by atoms with Gasteiger partial charge in [-0.05, 0) is 49.4 Å². The van der Waals surface area contributed by atoms with E-state index in [1.54, 1.807) is 0 Å². The van der Waals surface area contributed by atoms with Gasteiger partial charge in [0.05, 0.1) is 28.4 Å². The first kappa shape index (κ1) is 22.8. The molecule has 2 rings (SSSR count). The second kappa shape index (κ2) is 8.09. The van der Waals surface area contributed by atoms with Crippen LogP contribution in [0.4, 0.5) is 24.5 Å². The fraction of sp³-hybridized carbons (Fsp3) is 0.235. The number of anilines is 2. The zero-order valence-corrected chi connectivity index (χ0v) is 16.6. The third-order valence-electron chi connectivity index (χ3n) is 3.83. The number of alkyl halides is 3. The Morgan fingerprint density at radius 3 is 2.21 bits per heavy atom. The fourth-order valence-electron chi connectivity index (χ4n) is 2.02. The standard InChI is InChI=1S/C17H16ClF3N2O5S/c1-16(25,17(19,20)21)15(24)22-14-8-3-10(9-13(14)18)23-29(26,27)12-6-4-11(28-2)5-7-12/h3-9,23,25H,1-2H3,(H,22,24)/t16-/m1/s1. The predicted octanol–water partition coefficient (Wildman–Crippen LogP) is 3.40. The van der Waals surface area contributed by atoms with Gasteiger partial charge in [-0.1, -0.05) is 11.6 Å². The Labute approximate surface area is 169 Å². The molecule has 0 spiro atoms. The number of amides is 1. The molecule has 0 radical (unpaired) electrons. The van der Waals surface area contributed by atoms with Crippen molar-refractivity contribution in [2.45, 2.75) is 23.6 Å². The van der Waals surface area contributed by atoms with Crippen molar-refractivity contribution < 1.29 is 36.2 Å². The highest BCUT2D eigenvalue weighted by Crippen LogP contribution is 2.33. The maximum atomic E-state index is 12.7. The molecule has 3 N–H and O–H groups in total. The molecule has 0 saturated heterocycles. The molecular formula is C17H16ClF3N2O5S. The van der Waals surface area contributed by atoms with Crippen LogP contribution >= 0.6 is 11.6 Å². The van der Waals surface area contributed by atoms with Gasteiger partial charge in [-0.2, -0.15) is 13.2 Å². The minimum atomic E-state index is -5.20. The summed E-state index contributed by atoms with van der Waals surface area (Å²) in [6.07, 6.45) is -5.20. The summed E-state index contributed by atoms with van der Waals surface area (Å²) in [4.78, 5) is 11.7. The molecule has 0 unspecified atom stereocenters. The summed E-state index contributed by atoms with van der Waals surface area (Å²) in [6.45, 7) is 0.299. The Morgan fingerprint density at radius 2 is 1.72 bits per heavy atom. The first-order chi connectivity index (χ1) is 13.3. The molecule has 1 amide bonds. The van der Waals surface area contributed by atoms with Crippen molar-refractivity contribution in [1.29, 1.82) is 0 Å². The molecule has 1 atom stereocenters. The molecule has 7 nitrogen and oxygen atoms in total. The van der Waals surface area contributed by atoms with Crippen LogP contribution in [0.5, 0.6) is 5.75 Å². The lowest BCUT2D eigenvalue weighted by Gasteiger charge is -2.25. The lowest BCUT2D eigenvalue weighted by Crippen LogP contribution is -2.52. The van der Waals surface area contributed by atoms with Gasteiger partial charge in [-0.25, -0.2) is 8.42 Å². The van der Waals surface area contributed by atoms with Gasteiger partial charge in [-0.15, -0.1) is 0 Å². The fourth-order valence-corrected chi connectivity index (χ4v) is 3.30. The number of ether oxygens (including phenoxy) is 1. The third-order valence-corrected chi connectivity index (χ3v) is 5.54. The van der Waals surface area contributed by atoms with Crippen LogP contribution < -0.4 is 14.8 Å². The van der Waals surface area contributed by atoms with Crippen LogP contribution in [0.2, 0.25) is 5.02 Å². The van der Waals surface area contributed by atoms with Crippen molar-refractivity contribution in [2.75, 3.05) is 17.1 Å². The number of hydrogen-bond donors (Lipinski definition) is 3. The summed E-state index contributed by atoms with van der Waals surface area (Å²) in [7, 11) is -2.55. The number of aliphatic hydroxyl groups is 1. The van der Waals surface area contributed by atoms with E-state index in [2.05, 4.69) is 4.72 Å². The number of methoxy groups -OCH3 is 1. The normalized spacial score (nSPS) is 14.0. The number of sulfonamides is 1. The van der Waals surface area contributed by atoms with Crippen LogP contribution in [-0.4, -0.2) is 38.3 Å². The first-order valence-electron chi connectivity index (χ1n) is 7.85. The van der Waals surface area contributed by atoms with Crippen LogP contribution in [-0.2, 0) is 14.8 Å². The average Bonchev–Trinajstić information content (AvgIpc) is 2.62. The zero-order valence-electron chi connectivity index (χ0n) is 15.0. The highest BCUT2D eigenvalue weighted by atomic mass is 35.5. The number of hydrogen-bond acceptors (Lipinski definition) is 5. The molecule has 0 aromatic heterocycles. The quantitative estimate of drug-likeness (QED) is 0.623.